The molecule has 4 nitrogen and oxygen atoms in total. The Morgan fingerprint density at radius 1 is 1.28 bits per heavy atom. The van der Waals surface area contributed by atoms with Crippen LogP contribution in [0.3, 0.4) is 0 Å². The average Bonchev–Trinajstić information content (AvgIpc) is 2.39. The highest BCUT2D eigenvalue weighted by molar-refractivity contribution is 6.33. The van der Waals surface area contributed by atoms with Crippen molar-refractivity contribution in [1.82, 2.24) is 4.98 Å². The minimum absolute atomic E-state index is 0.129. The summed E-state index contributed by atoms with van der Waals surface area (Å²) in [5, 5.41) is 11.7. The summed E-state index contributed by atoms with van der Waals surface area (Å²) in [6, 6.07) is 11.9. The van der Waals surface area contributed by atoms with Gasteiger partial charge in [0.2, 0.25) is 0 Å². The van der Waals surface area contributed by atoms with Crippen molar-refractivity contribution in [2.24, 2.45) is 0 Å². The summed E-state index contributed by atoms with van der Waals surface area (Å²) in [6.45, 7) is 0. The summed E-state index contributed by atoms with van der Waals surface area (Å²) < 4.78 is 0. The molecule has 0 spiro atoms. The molecule has 1 amide bonds. The number of benzene rings is 1. The summed E-state index contributed by atoms with van der Waals surface area (Å²) in [5.74, 6) is -0.393. The molecule has 0 fully saturated rings. The molecule has 0 saturated heterocycles. The normalized spacial score (nSPS) is 9.56. The molecule has 0 aliphatic rings. The van der Waals surface area contributed by atoms with Crippen LogP contribution in [-0.4, -0.2) is 10.9 Å². The number of carbonyl (C=O) groups is 1. The van der Waals surface area contributed by atoms with Gasteiger partial charge in [0.05, 0.1) is 16.8 Å². The second-order valence-corrected chi connectivity index (χ2v) is 3.81. The van der Waals surface area contributed by atoms with Crippen molar-refractivity contribution in [3.8, 4) is 6.07 Å². The molecule has 0 unspecified atom stereocenters. The number of amides is 1. The molecule has 0 saturated carbocycles. The first-order valence-electron chi connectivity index (χ1n) is 5.13. The Hall–Kier alpha value is -2.38. The number of hydrogen-bond acceptors (Lipinski definition) is 3. The van der Waals surface area contributed by atoms with E-state index in [1.165, 1.54) is 6.20 Å². The van der Waals surface area contributed by atoms with E-state index >= 15 is 0 Å². The fourth-order valence-electron chi connectivity index (χ4n) is 1.43. The van der Waals surface area contributed by atoms with Crippen LogP contribution in [-0.2, 0) is 0 Å². The number of para-hydroxylation sites is 1. The van der Waals surface area contributed by atoms with E-state index in [1.54, 1.807) is 36.4 Å². The Labute approximate surface area is 109 Å². The number of anilines is 1. The Morgan fingerprint density at radius 2 is 2.06 bits per heavy atom. The zero-order valence-corrected chi connectivity index (χ0v) is 9.98. The maximum absolute atomic E-state index is 12.0. The smallest absolute Gasteiger partial charge is 0.258 e. The van der Waals surface area contributed by atoms with Crippen LogP contribution in [0, 0.1) is 11.3 Å². The van der Waals surface area contributed by atoms with E-state index in [1.807, 2.05) is 6.07 Å². The van der Waals surface area contributed by atoms with Gasteiger partial charge in [-0.05, 0) is 24.3 Å². The van der Waals surface area contributed by atoms with Crippen LogP contribution in [0.15, 0.2) is 42.6 Å². The minimum atomic E-state index is -0.393. The molecule has 0 aliphatic heterocycles. The standard InChI is InChI=1S/C13H8ClN3O/c14-12-10(5-3-7-16-12)13(18)17-11-6-2-1-4-9(11)8-15/h1-7H,(H,17,18). The zero-order chi connectivity index (χ0) is 13.0. The molecule has 1 aromatic heterocycles. The van der Waals surface area contributed by atoms with Gasteiger partial charge in [-0.1, -0.05) is 23.7 Å². The molecule has 0 aliphatic carbocycles. The van der Waals surface area contributed by atoms with E-state index < -0.39 is 5.91 Å². The molecule has 18 heavy (non-hydrogen) atoms. The summed E-state index contributed by atoms with van der Waals surface area (Å²) in [7, 11) is 0. The molecule has 1 N–H and O–H groups in total. The van der Waals surface area contributed by atoms with Gasteiger partial charge >= 0.3 is 0 Å². The Kier molecular flexibility index (Phi) is 3.56. The van der Waals surface area contributed by atoms with Crippen LogP contribution in [0.2, 0.25) is 5.15 Å². The largest absolute Gasteiger partial charge is 0.321 e. The van der Waals surface area contributed by atoms with E-state index in [-0.39, 0.29) is 10.7 Å². The monoisotopic (exact) mass is 257 g/mol. The number of hydrogen-bond donors (Lipinski definition) is 1. The third kappa shape index (κ3) is 2.47. The van der Waals surface area contributed by atoms with Crippen LogP contribution in [0.25, 0.3) is 0 Å². The molecule has 0 bridgehead atoms. The minimum Gasteiger partial charge on any atom is -0.321 e. The van der Waals surface area contributed by atoms with E-state index in [0.717, 1.165) is 0 Å². The lowest BCUT2D eigenvalue weighted by molar-refractivity contribution is 0.102. The van der Waals surface area contributed by atoms with Crippen LogP contribution in [0.5, 0.6) is 0 Å². The van der Waals surface area contributed by atoms with Crippen molar-refractivity contribution in [3.05, 3.63) is 58.9 Å². The number of nitriles is 1. The number of nitrogens with one attached hydrogen (secondary N) is 1. The van der Waals surface area contributed by atoms with Gasteiger partial charge in [-0.15, -0.1) is 0 Å². The highest BCUT2D eigenvalue weighted by Gasteiger charge is 2.12. The fourth-order valence-corrected chi connectivity index (χ4v) is 1.64. The first-order valence-corrected chi connectivity index (χ1v) is 5.51. The molecular formula is C13H8ClN3O. The lowest BCUT2D eigenvalue weighted by Gasteiger charge is -2.07. The van der Waals surface area contributed by atoms with Gasteiger partial charge in [0.1, 0.15) is 11.2 Å². The third-order valence-corrected chi connectivity index (χ3v) is 2.60. The number of halogens is 1. The fraction of sp³-hybridized carbons (Fsp3) is 0. The van der Waals surface area contributed by atoms with Crippen LogP contribution in [0.1, 0.15) is 15.9 Å². The zero-order valence-electron chi connectivity index (χ0n) is 9.22. The van der Waals surface area contributed by atoms with E-state index in [2.05, 4.69) is 10.3 Å². The van der Waals surface area contributed by atoms with Gasteiger partial charge in [-0.25, -0.2) is 4.98 Å². The third-order valence-electron chi connectivity index (χ3n) is 2.30. The second-order valence-electron chi connectivity index (χ2n) is 3.45. The predicted molar refractivity (Wildman–Crippen MR) is 68.4 cm³/mol. The molecule has 1 aromatic carbocycles. The summed E-state index contributed by atoms with van der Waals surface area (Å²) in [4.78, 5) is 15.8. The van der Waals surface area contributed by atoms with Gasteiger partial charge in [0, 0.05) is 6.20 Å². The van der Waals surface area contributed by atoms with Crippen molar-refractivity contribution in [2.45, 2.75) is 0 Å². The van der Waals surface area contributed by atoms with Gasteiger partial charge in [-0.2, -0.15) is 5.26 Å². The van der Waals surface area contributed by atoms with E-state index in [4.69, 9.17) is 16.9 Å². The Bertz CT molecular complexity index is 634. The van der Waals surface area contributed by atoms with Crippen molar-refractivity contribution in [3.63, 3.8) is 0 Å². The molecule has 2 rings (SSSR count). The number of rotatable bonds is 2. The first-order chi connectivity index (χ1) is 8.72. The van der Waals surface area contributed by atoms with Gasteiger partial charge in [0.15, 0.2) is 0 Å². The Morgan fingerprint density at radius 3 is 2.78 bits per heavy atom. The number of aromatic nitrogens is 1. The highest BCUT2D eigenvalue weighted by atomic mass is 35.5. The summed E-state index contributed by atoms with van der Waals surface area (Å²) in [5.41, 5.74) is 1.11. The maximum Gasteiger partial charge on any atom is 0.258 e. The molecule has 1 heterocycles. The maximum atomic E-state index is 12.0. The quantitative estimate of drug-likeness (QED) is 0.842. The lowest BCUT2D eigenvalue weighted by atomic mass is 10.2. The molecule has 5 heteroatoms. The first kappa shape index (κ1) is 12.1. The lowest BCUT2D eigenvalue weighted by Crippen LogP contribution is -2.13. The van der Waals surface area contributed by atoms with Gasteiger partial charge in [-0.3, -0.25) is 4.79 Å². The van der Waals surface area contributed by atoms with Crippen LogP contribution >= 0.6 is 11.6 Å². The summed E-state index contributed by atoms with van der Waals surface area (Å²) >= 11 is 5.82. The second kappa shape index (κ2) is 5.30. The van der Waals surface area contributed by atoms with Crippen molar-refractivity contribution >= 4 is 23.2 Å². The number of nitrogens with zero attached hydrogens (tertiary/aromatic N) is 2. The van der Waals surface area contributed by atoms with Crippen molar-refractivity contribution in [1.29, 1.82) is 5.26 Å². The van der Waals surface area contributed by atoms with Crippen LogP contribution < -0.4 is 5.32 Å². The molecule has 2 aromatic rings. The van der Waals surface area contributed by atoms with Crippen LogP contribution in [0.4, 0.5) is 5.69 Å². The molecule has 88 valence electrons. The topological polar surface area (TPSA) is 65.8 Å². The van der Waals surface area contributed by atoms with Gasteiger partial charge in [0.25, 0.3) is 5.91 Å². The number of carbonyl (C=O) groups excluding carboxylic acids is 1. The molecular weight excluding hydrogens is 250 g/mol. The highest BCUT2D eigenvalue weighted by Crippen LogP contribution is 2.17. The van der Waals surface area contributed by atoms with E-state index in [9.17, 15) is 4.79 Å². The number of pyridine rings is 1. The Balaban J connectivity index is 2.28. The summed E-state index contributed by atoms with van der Waals surface area (Å²) in [6.07, 6.45) is 1.50. The average molecular weight is 258 g/mol. The van der Waals surface area contributed by atoms with Crippen molar-refractivity contribution < 1.29 is 4.79 Å². The molecule has 0 atom stereocenters. The van der Waals surface area contributed by atoms with E-state index in [0.29, 0.717) is 11.3 Å². The molecule has 0 radical (unpaired) electrons. The van der Waals surface area contributed by atoms with Crippen molar-refractivity contribution in [2.75, 3.05) is 5.32 Å². The predicted octanol–water partition coefficient (Wildman–Crippen LogP) is 2.86. The van der Waals surface area contributed by atoms with Gasteiger partial charge < -0.3 is 5.32 Å². The SMILES string of the molecule is N#Cc1ccccc1NC(=O)c1cccnc1Cl.